The third-order valence-electron chi connectivity index (χ3n) is 3.69. The molecule has 3 aromatic rings. The molecule has 0 radical (unpaired) electrons. The second-order valence-corrected chi connectivity index (χ2v) is 7.38. The van der Waals surface area contributed by atoms with Gasteiger partial charge < -0.3 is 10.3 Å². The predicted octanol–water partition coefficient (Wildman–Crippen LogP) is 3.87. The maximum absolute atomic E-state index is 13.9. The molecule has 1 aromatic carbocycles. The largest absolute Gasteiger partial charge is 0.370 e. The molecule has 148 valence electrons. The van der Waals surface area contributed by atoms with E-state index in [1.165, 1.54) is 15.9 Å². The molecule has 0 bridgehead atoms. The highest BCUT2D eigenvalue weighted by Crippen LogP contribution is 2.32. The highest BCUT2D eigenvalue weighted by molar-refractivity contribution is 7.98. The number of rotatable bonds is 7. The fraction of sp³-hybridized carbons (Fsp3) is 0.188. The zero-order valence-electron chi connectivity index (χ0n) is 13.9. The average molecular weight is 434 g/mol. The molecule has 0 aliphatic rings. The van der Waals surface area contributed by atoms with Gasteiger partial charge in [0.15, 0.2) is 34.2 Å². The number of nitrogens with zero attached hydrogens (tertiary/aromatic N) is 3. The number of carbonyl (C=O) groups is 1. The van der Waals surface area contributed by atoms with Crippen LogP contribution in [0.2, 0.25) is 0 Å². The van der Waals surface area contributed by atoms with Gasteiger partial charge in [-0.05, 0) is 11.4 Å². The Morgan fingerprint density at radius 2 is 1.71 bits per heavy atom. The Balaban J connectivity index is 1.92. The number of halogens is 5. The minimum Gasteiger partial charge on any atom is -0.370 e. The summed E-state index contributed by atoms with van der Waals surface area (Å²) in [5, 5.41) is 9.85. The molecule has 0 saturated heterocycles. The van der Waals surface area contributed by atoms with Crippen LogP contribution in [0.5, 0.6) is 0 Å². The average Bonchev–Trinajstić information content (AvgIpc) is 3.32. The van der Waals surface area contributed by atoms with Gasteiger partial charge in [-0.15, -0.1) is 21.5 Å². The lowest BCUT2D eigenvalue weighted by Crippen LogP contribution is -2.15. The smallest absolute Gasteiger partial charge is 0.219 e. The van der Waals surface area contributed by atoms with Crippen LogP contribution in [0.4, 0.5) is 22.0 Å². The first kappa shape index (κ1) is 20.3. The molecule has 2 N–H and O–H groups in total. The van der Waals surface area contributed by atoms with Crippen molar-refractivity contribution in [1.82, 2.24) is 14.8 Å². The van der Waals surface area contributed by atoms with E-state index in [4.69, 9.17) is 5.73 Å². The lowest BCUT2D eigenvalue weighted by Gasteiger charge is -2.10. The van der Waals surface area contributed by atoms with Gasteiger partial charge in [0.25, 0.3) is 0 Å². The third kappa shape index (κ3) is 3.87. The van der Waals surface area contributed by atoms with Gasteiger partial charge in [-0.1, -0.05) is 17.8 Å². The van der Waals surface area contributed by atoms with E-state index in [1.54, 1.807) is 17.5 Å². The summed E-state index contributed by atoms with van der Waals surface area (Å²) >= 11 is 2.08. The molecule has 5 nitrogen and oxygen atoms in total. The van der Waals surface area contributed by atoms with Crippen LogP contribution in [0.25, 0.3) is 10.7 Å². The number of hydrogen-bond donors (Lipinski definition) is 1. The molecule has 0 unspecified atom stereocenters. The van der Waals surface area contributed by atoms with Crippen molar-refractivity contribution < 1.29 is 26.7 Å². The molecule has 0 atom stereocenters. The molecule has 0 spiro atoms. The van der Waals surface area contributed by atoms with Crippen molar-refractivity contribution in [2.75, 3.05) is 0 Å². The quantitative estimate of drug-likeness (QED) is 0.265. The Kier molecular flexibility index (Phi) is 5.98. The summed E-state index contributed by atoms with van der Waals surface area (Å²) in [4.78, 5) is 11.8. The van der Waals surface area contributed by atoms with E-state index in [9.17, 15) is 26.7 Å². The summed E-state index contributed by atoms with van der Waals surface area (Å²) in [5.74, 6) is -10.8. The van der Waals surface area contributed by atoms with E-state index >= 15 is 0 Å². The highest BCUT2D eigenvalue weighted by Gasteiger charge is 2.26. The van der Waals surface area contributed by atoms with Crippen molar-refractivity contribution >= 4 is 29.0 Å². The lowest BCUT2D eigenvalue weighted by atomic mass is 10.2. The minimum absolute atomic E-state index is 0.0491. The number of carbonyl (C=O) groups excluding carboxylic acids is 1. The minimum atomic E-state index is -2.21. The maximum atomic E-state index is 13.9. The monoisotopic (exact) mass is 434 g/mol. The first-order valence-corrected chi connectivity index (χ1v) is 9.56. The van der Waals surface area contributed by atoms with Crippen LogP contribution in [-0.4, -0.2) is 20.7 Å². The van der Waals surface area contributed by atoms with E-state index in [2.05, 4.69) is 10.2 Å². The molecule has 0 aliphatic carbocycles. The molecule has 3 rings (SSSR count). The molecule has 2 heterocycles. The first-order chi connectivity index (χ1) is 13.3. The molecular weight excluding hydrogens is 423 g/mol. The normalized spacial score (nSPS) is 11.2. The predicted molar refractivity (Wildman–Crippen MR) is 92.9 cm³/mol. The van der Waals surface area contributed by atoms with Crippen molar-refractivity contribution in [1.29, 1.82) is 0 Å². The SMILES string of the molecule is NC(=O)CCn1c(SCc2c(F)c(F)c(F)c(F)c2F)nnc1-c1cccs1. The number of hydrogen-bond acceptors (Lipinski definition) is 5. The molecule has 12 heteroatoms. The number of amides is 1. The molecule has 1 amide bonds. The van der Waals surface area contributed by atoms with Gasteiger partial charge in [-0.2, -0.15) is 0 Å². The summed E-state index contributed by atoms with van der Waals surface area (Å²) < 4.78 is 69.1. The summed E-state index contributed by atoms with van der Waals surface area (Å²) in [5.41, 5.74) is 4.20. The summed E-state index contributed by atoms with van der Waals surface area (Å²) in [6.07, 6.45) is -0.0491. The fourth-order valence-corrected chi connectivity index (χ4v) is 4.00. The van der Waals surface area contributed by atoms with E-state index < -0.39 is 46.3 Å². The van der Waals surface area contributed by atoms with Crippen LogP contribution < -0.4 is 5.73 Å². The van der Waals surface area contributed by atoms with Crippen LogP contribution >= 0.6 is 23.1 Å². The van der Waals surface area contributed by atoms with Crippen LogP contribution in [0.15, 0.2) is 22.7 Å². The van der Waals surface area contributed by atoms with Crippen LogP contribution in [-0.2, 0) is 17.1 Å². The van der Waals surface area contributed by atoms with E-state index in [-0.39, 0.29) is 18.1 Å². The van der Waals surface area contributed by atoms with Crippen molar-refractivity contribution in [2.24, 2.45) is 5.73 Å². The summed E-state index contributed by atoms with van der Waals surface area (Å²) in [7, 11) is 0. The van der Waals surface area contributed by atoms with Crippen LogP contribution in [0.3, 0.4) is 0 Å². The zero-order valence-corrected chi connectivity index (χ0v) is 15.5. The van der Waals surface area contributed by atoms with Crippen molar-refractivity contribution in [2.45, 2.75) is 23.9 Å². The van der Waals surface area contributed by atoms with Crippen LogP contribution in [0, 0.1) is 29.1 Å². The topological polar surface area (TPSA) is 73.8 Å². The second kappa shape index (κ2) is 8.27. The van der Waals surface area contributed by atoms with Crippen molar-refractivity contribution in [3.05, 3.63) is 52.2 Å². The summed E-state index contributed by atoms with van der Waals surface area (Å²) in [6.45, 7) is 0.0923. The van der Waals surface area contributed by atoms with Crippen LogP contribution in [0.1, 0.15) is 12.0 Å². The van der Waals surface area contributed by atoms with E-state index in [0.29, 0.717) is 5.82 Å². The van der Waals surface area contributed by atoms with E-state index in [1.807, 2.05) is 0 Å². The number of thioether (sulfide) groups is 1. The second-order valence-electron chi connectivity index (χ2n) is 5.49. The highest BCUT2D eigenvalue weighted by atomic mass is 32.2. The maximum Gasteiger partial charge on any atom is 0.219 e. The number of nitrogens with two attached hydrogens (primary N) is 1. The van der Waals surface area contributed by atoms with Gasteiger partial charge in [-0.3, -0.25) is 4.79 Å². The molecule has 2 aromatic heterocycles. The Morgan fingerprint density at radius 1 is 1.07 bits per heavy atom. The van der Waals surface area contributed by atoms with E-state index in [0.717, 1.165) is 16.6 Å². The Morgan fingerprint density at radius 3 is 2.29 bits per heavy atom. The molecule has 0 aliphatic heterocycles. The number of aromatic nitrogens is 3. The molecule has 0 fully saturated rings. The standard InChI is InChI=1S/C16H11F5N4OS2/c17-10-7(11(18)13(20)14(21)12(10)19)6-28-16-24-23-15(8-2-1-5-27-8)25(16)4-3-9(22)26/h1-2,5H,3-4,6H2,(H2,22,26). The number of thiophene rings is 1. The molecule has 28 heavy (non-hydrogen) atoms. The van der Waals surface area contributed by atoms with Gasteiger partial charge in [0.05, 0.1) is 4.88 Å². The van der Waals surface area contributed by atoms with Gasteiger partial charge in [-0.25, -0.2) is 22.0 Å². The fourth-order valence-electron chi connectivity index (χ4n) is 2.32. The first-order valence-electron chi connectivity index (χ1n) is 7.69. The Labute approximate surface area is 163 Å². The number of benzene rings is 1. The third-order valence-corrected chi connectivity index (χ3v) is 5.55. The zero-order chi connectivity index (χ0) is 20.4. The Hall–Kier alpha value is -2.47. The van der Waals surface area contributed by atoms with Crippen molar-refractivity contribution in [3.8, 4) is 10.7 Å². The Bertz CT molecular complexity index is 994. The summed E-state index contributed by atoms with van der Waals surface area (Å²) in [6, 6.07) is 3.53. The molecular formula is C16H11F5N4OS2. The lowest BCUT2D eigenvalue weighted by molar-refractivity contribution is -0.118. The van der Waals surface area contributed by atoms with Gasteiger partial charge in [0, 0.05) is 24.3 Å². The van der Waals surface area contributed by atoms with Gasteiger partial charge >= 0.3 is 0 Å². The van der Waals surface area contributed by atoms with Gasteiger partial charge in [0.2, 0.25) is 11.7 Å². The van der Waals surface area contributed by atoms with Gasteiger partial charge in [0.1, 0.15) is 0 Å². The molecule has 0 saturated carbocycles. The van der Waals surface area contributed by atoms with Crippen molar-refractivity contribution in [3.63, 3.8) is 0 Å². The number of primary amides is 1.